The van der Waals surface area contributed by atoms with Gasteiger partial charge in [-0.1, -0.05) is 0 Å². The van der Waals surface area contributed by atoms with Crippen LogP contribution in [0.3, 0.4) is 0 Å². The second-order valence-corrected chi connectivity index (χ2v) is 4.31. The first-order valence-electron chi connectivity index (χ1n) is 5.91. The SMILES string of the molecule is C[C@H](Cn1cccn1)OC(=O)c1ccc(=O)n(C)c1. The minimum absolute atomic E-state index is 0.166. The number of carbonyl (C=O) groups excluding carboxylic acids is 1. The number of aryl methyl sites for hydroxylation is 1. The van der Waals surface area contributed by atoms with E-state index in [0.717, 1.165) is 0 Å². The smallest absolute Gasteiger partial charge is 0.339 e. The highest BCUT2D eigenvalue weighted by atomic mass is 16.5. The van der Waals surface area contributed by atoms with Crippen molar-refractivity contribution < 1.29 is 9.53 Å². The van der Waals surface area contributed by atoms with E-state index < -0.39 is 5.97 Å². The summed E-state index contributed by atoms with van der Waals surface area (Å²) in [5.41, 5.74) is 0.190. The van der Waals surface area contributed by atoms with E-state index in [2.05, 4.69) is 5.10 Å². The Kier molecular flexibility index (Phi) is 3.79. The lowest BCUT2D eigenvalue weighted by Gasteiger charge is -2.13. The van der Waals surface area contributed by atoms with Gasteiger partial charge in [-0.25, -0.2) is 4.79 Å². The fraction of sp³-hybridized carbons (Fsp3) is 0.308. The molecule has 100 valence electrons. The molecule has 0 radical (unpaired) electrons. The molecule has 0 unspecified atom stereocenters. The summed E-state index contributed by atoms with van der Waals surface area (Å²) in [5, 5.41) is 4.04. The Morgan fingerprint density at radius 3 is 2.89 bits per heavy atom. The second kappa shape index (κ2) is 5.51. The van der Waals surface area contributed by atoms with Gasteiger partial charge in [0.05, 0.1) is 12.1 Å². The van der Waals surface area contributed by atoms with Crippen LogP contribution in [0, 0.1) is 0 Å². The molecule has 6 heteroatoms. The number of nitrogens with zero attached hydrogens (tertiary/aromatic N) is 3. The molecule has 0 bridgehead atoms. The van der Waals surface area contributed by atoms with Gasteiger partial charge in [-0.05, 0) is 19.1 Å². The van der Waals surface area contributed by atoms with Crippen LogP contribution in [0.4, 0.5) is 0 Å². The monoisotopic (exact) mass is 261 g/mol. The number of ether oxygens (including phenoxy) is 1. The molecule has 0 aliphatic rings. The lowest BCUT2D eigenvalue weighted by atomic mass is 10.3. The van der Waals surface area contributed by atoms with E-state index in [0.29, 0.717) is 12.1 Å². The quantitative estimate of drug-likeness (QED) is 0.764. The van der Waals surface area contributed by atoms with Crippen LogP contribution in [0.2, 0.25) is 0 Å². The molecule has 0 spiro atoms. The zero-order chi connectivity index (χ0) is 13.8. The van der Waals surface area contributed by atoms with Crippen molar-refractivity contribution in [1.82, 2.24) is 14.3 Å². The molecule has 0 fully saturated rings. The van der Waals surface area contributed by atoms with Crippen LogP contribution in [0.15, 0.2) is 41.6 Å². The summed E-state index contributed by atoms with van der Waals surface area (Å²) in [6, 6.07) is 4.61. The number of rotatable bonds is 4. The molecule has 0 aromatic carbocycles. The Morgan fingerprint density at radius 2 is 2.26 bits per heavy atom. The van der Waals surface area contributed by atoms with E-state index in [1.165, 1.54) is 22.9 Å². The van der Waals surface area contributed by atoms with Crippen LogP contribution < -0.4 is 5.56 Å². The van der Waals surface area contributed by atoms with E-state index in [1.807, 2.05) is 6.07 Å². The number of esters is 1. The Balaban J connectivity index is 2.00. The van der Waals surface area contributed by atoms with Crippen molar-refractivity contribution in [3.63, 3.8) is 0 Å². The molecular weight excluding hydrogens is 246 g/mol. The van der Waals surface area contributed by atoms with Gasteiger partial charge < -0.3 is 9.30 Å². The zero-order valence-electron chi connectivity index (χ0n) is 10.8. The van der Waals surface area contributed by atoms with E-state index in [9.17, 15) is 9.59 Å². The molecule has 19 heavy (non-hydrogen) atoms. The summed E-state index contributed by atoms with van der Waals surface area (Å²) in [6.07, 6.45) is 4.63. The third kappa shape index (κ3) is 3.31. The summed E-state index contributed by atoms with van der Waals surface area (Å²) in [7, 11) is 1.59. The van der Waals surface area contributed by atoms with E-state index >= 15 is 0 Å². The molecule has 2 aromatic rings. The van der Waals surface area contributed by atoms with Gasteiger partial charge in [0.2, 0.25) is 5.56 Å². The van der Waals surface area contributed by atoms with E-state index in [-0.39, 0.29) is 11.7 Å². The topological polar surface area (TPSA) is 66.1 Å². The van der Waals surface area contributed by atoms with Crippen molar-refractivity contribution in [2.24, 2.45) is 7.05 Å². The molecule has 0 amide bonds. The molecule has 2 aromatic heterocycles. The van der Waals surface area contributed by atoms with Crippen molar-refractivity contribution in [1.29, 1.82) is 0 Å². The van der Waals surface area contributed by atoms with Gasteiger partial charge in [0.1, 0.15) is 6.10 Å². The number of hydrogen-bond donors (Lipinski definition) is 0. The van der Waals surface area contributed by atoms with Crippen LogP contribution in [-0.4, -0.2) is 26.4 Å². The first-order valence-corrected chi connectivity index (χ1v) is 5.91. The Hall–Kier alpha value is -2.37. The number of carbonyl (C=O) groups is 1. The average Bonchev–Trinajstić information content (AvgIpc) is 2.85. The lowest BCUT2D eigenvalue weighted by Crippen LogP contribution is -2.23. The maximum absolute atomic E-state index is 11.9. The molecule has 2 rings (SSSR count). The van der Waals surface area contributed by atoms with Crippen molar-refractivity contribution in [2.75, 3.05) is 0 Å². The number of pyridine rings is 1. The first-order chi connectivity index (χ1) is 9.06. The summed E-state index contributed by atoms with van der Waals surface area (Å²) in [6.45, 7) is 2.28. The summed E-state index contributed by atoms with van der Waals surface area (Å²) in [4.78, 5) is 23.1. The van der Waals surface area contributed by atoms with Gasteiger partial charge in [0, 0.05) is 31.7 Å². The normalized spacial score (nSPS) is 12.1. The van der Waals surface area contributed by atoms with Gasteiger partial charge in [-0.15, -0.1) is 0 Å². The lowest BCUT2D eigenvalue weighted by molar-refractivity contribution is 0.0298. The largest absolute Gasteiger partial charge is 0.457 e. The van der Waals surface area contributed by atoms with Gasteiger partial charge in [-0.3, -0.25) is 9.48 Å². The van der Waals surface area contributed by atoms with Crippen LogP contribution in [0.1, 0.15) is 17.3 Å². The first kappa shape index (κ1) is 13.1. The van der Waals surface area contributed by atoms with Crippen molar-refractivity contribution in [2.45, 2.75) is 19.6 Å². The van der Waals surface area contributed by atoms with Gasteiger partial charge in [-0.2, -0.15) is 5.10 Å². The zero-order valence-corrected chi connectivity index (χ0v) is 10.8. The van der Waals surface area contributed by atoms with Crippen LogP contribution >= 0.6 is 0 Å². The van der Waals surface area contributed by atoms with Gasteiger partial charge >= 0.3 is 5.97 Å². The number of aromatic nitrogens is 3. The van der Waals surface area contributed by atoms with E-state index in [4.69, 9.17) is 4.74 Å². The molecule has 0 aliphatic carbocycles. The van der Waals surface area contributed by atoms with Crippen molar-refractivity contribution in [3.05, 3.63) is 52.7 Å². The standard InChI is InChI=1S/C13H15N3O3/c1-10(8-16-7-3-6-14-16)19-13(18)11-4-5-12(17)15(2)9-11/h3-7,9-10H,8H2,1-2H3/t10-/m1/s1. The van der Waals surface area contributed by atoms with Crippen LogP contribution in [0.25, 0.3) is 0 Å². The molecule has 2 heterocycles. The summed E-state index contributed by atoms with van der Waals surface area (Å²) >= 11 is 0. The molecule has 0 saturated carbocycles. The van der Waals surface area contributed by atoms with Crippen LogP contribution in [0.5, 0.6) is 0 Å². The molecule has 0 aliphatic heterocycles. The fourth-order valence-electron chi connectivity index (χ4n) is 1.67. The second-order valence-electron chi connectivity index (χ2n) is 4.31. The van der Waals surface area contributed by atoms with Gasteiger partial charge in [0.25, 0.3) is 0 Å². The Bertz CT molecular complexity index is 616. The maximum Gasteiger partial charge on any atom is 0.339 e. The third-order valence-corrected chi connectivity index (χ3v) is 2.63. The highest BCUT2D eigenvalue weighted by Crippen LogP contribution is 2.03. The minimum atomic E-state index is -0.449. The fourth-order valence-corrected chi connectivity index (χ4v) is 1.67. The molecule has 0 N–H and O–H groups in total. The van der Waals surface area contributed by atoms with Crippen molar-refractivity contribution >= 4 is 5.97 Å². The minimum Gasteiger partial charge on any atom is -0.457 e. The Labute approximate surface area is 110 Å². The maximum atomic E-state index is 11.9. The molecular formula is C13H15N3O3. The molecule has 1 atom stereocenters. The Morgan fingerprint density at radius 1 is 1.47 bits per heavy atom. The van der Waals surface area contributed by atoms with Crippen LogP contribution in [-0.2, 0) is 18.3 Å². The third-order valence-electron chi connectivity index (χ3n) is 2.63. The number of hydrogen-bond acceptors (Lipinski definition) is 4. The summed E-state index contributed by atoms with van der Waals surface area (Å²) in [5.74, 6) is -0.449. The molecule has 0 saturated heterocycles. The van der Waals surface area contributed by atoms with Crippen molar-refractivity contribution in [3.8, 4) is 0 Å². The average molecular weight is 261 g/mol. The highest BCUT2D eigenvalue weighted by molar-refractivity contribution is 5.89. The predicted molar refractivity (Wildman–Crippen MR) is 68.8 cm³/mol. The predicted octanol–water partition coefficient (Wildman–Crippen LogP) is 0.827. The molecule has 6 nitrogen and oxygen atoms in total. The van der Waals surface area contributed by atoms with E-state index in [1.54, 1.807) is 31.0 Å². The van der Waals surface area contributed by atoms with Gasteiger partial charge in [0.15, 0.2) is 0 Å². The highest BCUT2D eigenvalue weighted by Gasteiger charge is 2.13. The summed E-state index contributed by atoms with van der Waals surface area (Å²) < 4.78 is 8.32.